The number of ether oxygens (including phenoxy) is 2. The summed E-state index contributed by atoms with van der Waals surface area (Å²) >= 11 is 6.59. The average molecular weight is 774 g/mol. The molecule has 15 heteroatoms. The zero-order valence-corrected chi connectivity index (χ0v) is 31.0. The van der Waals surface area contributed by atoms with Crippen LogP contribution in [0.25, 0.3) is 11.1 Å². The first-order valence-corrected chi connectivity index (χ1v) is 19.9. The number of hydrogen-bond donors (Lipinski definition) is 5. The first-order chi connectivity index (χ1) is 25.4. The van der Waals surface area contributed by atoms with Gasteiger partial charge in [-0.05, 0) is 73.6 Å². The monoisotopic (exact) mass is 773 g/mol. The predicted molar refractivity (Wildman–Crippen MR) is 196 cm³/mol. The number of benzene rings is 2. The molecule has 13 nitrogen and oxygen atoms in total. The zero-order valence-electron chi connectivity index (χ0n) is 29.5. The number of para-hydroxylation sites is 1. The van der Waals surface area contributed by atoms with Crippen molar-refractivity contribution in [1.29, 1.82) is 0 Å². The van der Waals surface area contributed by atoms with Crippen molar-refractivity contribution in [3.05, 3.63) is 77.1 Å². The smallest absolute Gasteiger partial charge is 0.243 e. The quantitative estimate of drug-likeness (QED) is 0.120. The molecule has 0 amide bonds. The Morgan fingerprint density at radius 1 is 0.943 bits per heavy atom. The molecule has 3 aliphatic rings. The van der Waals surface area contributed by atoms with Crippen LogP contribution in [0.3, 0.4) is 0 Å². The molecule has 3 aromatic rings. The standard InChI is InChI=1S/C38H48ClN3O10S/c39-32-9-8-28(53(49,50)42-19-17-41(18-20-42)16-12-26(44)5-10-33(45)36(47)37(48)34(46)23-43)21-25(32)24-51-38(13-14-38)31-22-40-15-11-29(31)30-3-1-2-4-35(30)52-27-6-7-27/h1-4,8-9,11,15,21-22,27,33-34,36-37,43,45-48H,5-7,10,12-14,16-20,23-24H2/t33-,34+,36+,37+/m0/s1. The normalized spacial score (nSPS) is 20.0. The molecule has 1 saturated heterocycles. The molecule has 3 fully saturated rings. The summed E-state index contributed by atoms with van der Waals surface area (Å²) in [5, 5.41) is 48.6. The number of piperazine rings is 1. The van der Waals surface area contributed by atoms with Crippen LogP contribution in [0.5, 0.6) is 5.75 Å². The van der Waals surface area contributed by atoms with Gasteiger partial charge in [0.15, 0.2) is 0 Å². The third-order valence-electron chi connectivity index (χ3n) is 10.3. The Labute approximate surface area is 314 Å². The Morgan fingerprint density at radius 3 is 2.36 bits per heavy atom. The highest BCUT2D eigenvalue weighted by molar-refractivity contribution is 7.89. The van der Waals surface area contributed by atoms with Crippen LogP contribution < -0.4 is 4.74 Å². The maximum atomic E-state index is 13.7. The minimum atomic E-state index is -3.84. The number of ketones is 1. The Hall–Kier alpha value is -3.02. The second-order valence-corrected chi connectivity index (χ2v) is 16.5. The Balaban J connectivity index is 1.02. The van der Waals surface area contributed by atoms with Crippen molar-refractivity contribution in [3.8, 4) is 16.9 Å². The summed E-state index contributed by atoms with van der Waals surface area (Å²) in [6, 6.07) is 14.6. The van der Waals surface area contributed by atoms with Crippen LogP contribution in [0.15, 0.2) is 65.8 Å². The first-order valence-electron chi connectivity index (χ1n) is 18.1. The highest BCUT2D eigenvalue weighted by Gasteiger charge is 2.48. The number of carbonyl (C=O) groups excluding carboxylic acids is 1. The van der Waals surface area contributed by atoms with E-state index in [2.05, 4.69) is 4.98 Å². The number of nitrogens with zero attached hydrogens (tertiary/aromatic N) is 3. The van der Waals surface area contributed by atoms with Gasteiger partial charge in [-0.2, -0.15) is 4.31 Å². The van der Waals surface area contributed by atoms with Gasteiger partial charge >= 0.3 is 0 Å². The van der Waals surface area contributed by atoms with Gasteiger partial charge in [-0.3, -0.25) is 9.78 Å². The molecular weight excluding hydrogens is 726 g/mol. The second kappa shape index (κ2) is 17.2. The van der Waals surface area contributed by atoms with Crippen molar-refractivity contribution >= 4 is 27.4 Å². The topological polar surface area (TPSA) is 190 Å². The summed E-state index contributed by atoms with van der Waals surface area (Å²) in [5.41, 5.74) is 2.91. The minimum Gasteiger partial charge on any atom is -0.490 e. The number of aromatic nitrogens is 1. The number of aliphatic hydroxyl groups is 5. The number of Topliss-reactive ketones (excluding diaryl/α,β-unsaturated/α-hetero) is 1. The fourth-order valence-corrected chi connectivity index (χ4v) is 8.23. The van der Waals surface area contributed by atoms with Gasteiger partial charge in [-0.1, -0.05) is 29.8 Å². The van der Waals surface area contributed by atoms with Crippen LogP contribution >= 0.6 is 11.6 Å². The number of halogens is 1. The number of rotatable bonds is 19. The highest BCUT2D eigenvalue weighted by Crippen LogP contribution is 2.53. The lowest BCUT2D eigenvalue weighted by Crippen LogP contribution is -2.49. The zero-order chi connectivity index (χ0) is 37.8. The van der Waals surface area contributed by atoms with Crippen LogP contribution in [0.2, 0.25) is 5.02 Å². The van der Waals surface area contributed by atoms with Crippen LogP contribution in [0.1, 0.15) is 56.1 Å². The van der Waals surface area contributed by atoms with E-state index in [0.29, 0.717) is 30.2 Å². The average Bonchev–Trinajstić information content (AvgIpc) is 4.13. The van der Waals surface area contributed by atoms with Gasteiger partial charge in [0.1, 0.15) is 29.8 Å². The van der Waals surface area contributed by atoms with Gasteiger partial charge < -0.3 is 39.9 Å². The third kappa shape index (κ3) is 9.62. The lowest BCUT2D eigenvalue weighted by Gasteiger charge is -2.34. The molecule has 0 spiro atoms. The SMILES string of the molecule is O=C(CC[C@H](O)[C@@H](O)[C@H](O)[C@H](O)CO)CCN1CCN(S(=O)(=O)c2ccc(Cl)c(COC3(c4cnccc4-c4ccccc4OC4CC4)CC3)c2)CC1. The fourth-order valence-electron chi connectivity index (χ4n) is 6.59. The molecule has 2 aliphatic carbocycles. The van der Waals surface area contributed by atoms with Gasteiger partial charge in [0.25, 0.3) is 0 Å². The maximum Gasteiger partial charge on any atom is 0.243 e. The van der Waals surface area contributed by atoms with E-state index in [0.717, 1.165) is 48.1 Å². The molecule has 0 bridgehead atoms. The van der Waals surface area contributed by atoms with E-state index in [4.69, 9.17) is 26.2 Å². The van der Waals surface area contributed by atoms with Crippen molar-refractivity contribution in [2.45, 2.75) is 92.6 Å². The molecule has 1 aromatic heterocycles. The Kier molecular flexibility index (Phi) is 12.9. The summed E-state index contributed by atoms with van der Waals surface area (Å²) in [5.74, 6) is 0.664. The second-order valence-electron chi connectivity index (χ2n) is 14.1. The largest absolute Gasteiger partial charge is 0.490 e. The summed E-state index contributed by atoms with van der Waals surface area (Å²) in [6.45, 7) is 1.05. The fraction of sp³-hybridized carbons (Fsp3) is 0.526. The van der Waals surface area contributed by atoms with Gasteiger partial charge in [0.2, 0.25) is 10.0 Å². The molecule has 1 aliphatic heterocycles. The Morgan fingerprint density at radius 2 is 1.66 bits per heavy atom. The predicted octanol–water partition coefficient (Wildman–Crippen LogP) is 2.63. The van der Waals surface area contributed by atoms with Gasteiger partial charge in [0, 0.05) is 74.1 Å². The molecule has 2 saturated carbocycles. The van der Waals surface area contributed by atoms with Crippen molar-refractivity contribution in [2.24, 2.45) is 0 Å². The highest BCUT2D eigenvalue weighted by atomic mass is 35.5. The molecule has 0 unspecified atom stereocenters. The summed E-state index contributed by atoms with van der Waals surface area (Å²) in [7, 11) is -3.84. The van der Waals surface area contributed by atoms with E-state index in [9.17, 15) is 33.6 Å². The van der Waals surface area contributed by atoms with Crippen molar-refractivity contribution in [2.75, 3.05) is 39.3 Å². The number of carbonyl (C=O) groups is 1. The van der Waals surface area contributed by atoms with E-state index >= 15 is 0 Å². The number of pyridine rings is 1. The van der Waals surface area contributed by atoms with E-state index in [1.165, 1.54) is 10.4 Å². The van der Waals surface area contributed by atoms with Crippen LogP contribution in [-0.2, 0) is 31.8 Å². The summed E-state index contributed by atoms with van der Waals surface area (Å²) < 4.78 is 41.7. The van der Waals surface area contributed by atoms with E-state index in [-0.39, 0.29) is 55.7 Å². The molecular formula is C38H48ClN3O10S. The number of sulfonamides is 1. The third-order valence-corrected chi connectivity index (χ3v) is 12.5. The van der Waals surface area contributed by atoms with E-state index in [1.807, 2.05) is 41.4 Å². The molecule has 5 N–H and O–H groups in total. The summed E-state index contributed by atoms with van der Waals surface area (Å²) in [4.78, 5) is 19.0. The number of aliphatic hydroxyl groups excluding tert-OH is 5. The molecule has 2 aromatic carbocycles. The van der Waals surface area contributed by atoms with Crippen molar-refractivity contribution in [3.63, 3.8) is 0 Å². The van der Waals surface area contributed by atoms with E-state index in [1.54, 1.807) is 18.3 Å². The van der Waals surface area contributed by atoms with Gasteiger partial charge in [-0.25, -0.2) is 8.42 Å². The molecule has 4 atom stereocenters. The van der Waals surface area contributed by atoms with E-state index < -0.39 is 46.6 Å². The van der Waals surface area contributed by atoms with Gasteiger partial charge in [0.05, 0.1) is 35.9 Å². The molecule has 288 valence electrons. The molecule has 2 heterocycles. The van der Waals surface area contributed by atoms with Crippen LogP contribution in [-0.4, -0.2) is 124 Å². The first kappa shape index (κ1) is 39.7. The van der Waals surface area contributed by atoms with Gasteiger partial charge in [-0.15, -0.1) is 0 Å². The maximum absolute atomic E-state index is 13.7. The molecule has 0 radical (unpaired) electrons. The molecule has 6 rings (SSSR count). The molecule has 53 heavy (non-hydrogen) atoms. The number of hydrogen-bond acceptors (Lipinski definition) is 12. The minimum absolute atomic E-state index is 0.0507. The Bertz CT molecular complexity index is 1830. The van der Waals surface area contributed by atoms with Crippen LogP contribution in [0, 0.1) is 0 Å². The lowest BCUT2D eigenvalue weighted by atomic mass is 9.96. The summed E-state index contributed by atoms with van der Waals surface area (Å²) in [6.07, 6.45) is 1.01. The van der Waals surface area contributed by atoms with Crippen molar-refractivity contribution < 1.29 is 48.2 Å². The van der Waals surface area contributed by atoms with Crippen LogP contribution in [0.4, 0.5) is 0 Å². The van der Waals surface area contributed by atoms with Crippen molar-refractivity contribution in [1.82, 2.24) is 14.2 Å². The lowest BCUT2D eigenvalue weighted by molar-refractivity contribution is -0.125.